The highest BCUT2D eigenvalue weighted by atomic mass is 35.5. The molecule has 1 aliphatic heterocycles. The predicted molar refractivity (Wildman–Crippen MR) is 113 cm³/mol. The van der Waals surface area contributed by atoms with Crippen molar-refractivity contribution < 1.29 is 4.79 Å². The molecule has 1 atom stereocenters. The van der Waals surface area contributed by atoms with Gasteiger partial charge < -0.3 is 10.6 Å². The quantitative estimate of drug-likeness (QED) is 0.671. The van der Waals surface area contributed by atoms with Gasteiger partial charge in [0.15, 0.2) is 0 Å². The van der Waals surface area contributed by atoms with Gasteiger partial charge in [-0.3, -0.25) is 4.79 Å². The molecule has 0 bridgehead atoms. The first-order chi connectivity index (χ1) is 12.8. The summed E-state index contributed by atoms with van der Waals surface area (Å²) in [7, 11) is 0. The fourth-order valence-electron chi connectivity index (χ4n) is 4.22. The van der Waals surface area contributed by atoms with Gasteiger partial charge in [-0.05, 0) is 78.9 Å². The van der Waals surface area contributed by atoms with Crippen molar-refractivity contribution in [1.29, 1.82) is 0 Å². The molecule has 3 nitrogen and oxygen atoms in total. The van der Waals surface area contributed by atoms with Crippen LogP contribution in [0, 0.1) is 5.92 Å². The van der Waals surface area contributed by atoms with Crippen LogP contribution in [0.15, 0.2) is 42.5 Å². The maximum Gasteiger partial charge on any atom is 0.220 e. The summed E-state index contributed by atoms with van der Waals surface area (Å²) < 4.78 is 0. The van der Waals surface area contributed by atoms with E-state index in [0.717, 1.165) is 38.9 Å². The summed E-state index contributed by atoms with van der Waals surface area (Å²) in [6, 6.07) is 15.5. The molecule has 1 fully saturated rings. The van der Waals surface area contributed by atoms with Crippen LogP contribution in [0.4, 0.5) is 0 Å². The summed E-state index contributed by atoms with van der Waals surface area (Å²) in [6.07, 6.45) is 5.99. The van der Waals surface area contributed by atoms with Crippen molar-refractivity contribution in [3.05, 3.63) is 59.2 Å². The topological polar surface area (TPSA) is 41.1 Å². The minimum atomic E-state index is 0. The van der Waals surface area contributed by atoms with Crippen LogP contribution >= 0.6 is 12.4 Å². The van der Waals surface area contributed by atoms with Gasteiger partial charge in [0.1, 0.15) is 0 Å². The second kappa shape index (κ2) is 9.38. The minimum absolute atomic E-state index is 0. The number of carbonyl (C=O) groups excluding carboxylic acids is 1. The van der Waals surface area contributed by atoms with E-state index in [1.807, 2.05) is 0 Å². The molecule has 0 radical (unpaired) electrons. The zero-order chi connectivity index (χ0) is 17.8. The van der Waals surface area contributed by atoms with E-state index in [4.69, 9.17) is 0 Å². The Balaban J connectivity index is 0.00000210. The number of piperidine rings is 1. The molecule has 4 rings (SSSR count). The summed E-state index contributed by atoms with van der Waals surface area (Å²) in [5.41, 5.74) is 6.95. The highest BCUT2D eigenvalue weighted by Gasteiger charge is 2.18. The molecule has 2 N–H and O–H groups in total. The first-order valence-corrected chi connectivity index (χ1v) is 9.97. The highest BCUT2D eigenvalue weighted by molar-refractivity contribution is 5.85. The molecule has 144 valence electrons. The zero-order valence-electron chi connectivity index (χ0n) is 15.8. The molecule has 1 saturated heterocycles. The average Bonchev–Trinajstić information content (AvgIpc) is 3.05. The van der Waals surface area contributed by atoms with Crippen LogP contribution in [-0.2, 0) is 17.6 Å². The van der Waals surface area contributed by atoms with Gasteiger partial charge >= 0.3 is 0 Å². The molecule has 2 aliphatic rings. The Hall–Kier alpha value is -1.84. The normalized spacial score (nSPS) is 17.6. The number of fused-ring (bicyclic) bond motifs is 3. The maximum atomic E-state index is 12.1. The Bertz CT molecular complexity index is 784. The Morgan fingerprint density at radius 2 is 1.96 bits per heavy atom. The largest absolute Gasteiger partial charge is 0.356 e. The maximum absolute atomic E-state index is 12.1. The SMILES string of the molecule is Cl.O=C(CCCc1ccc2c(c1)-c1ccccc1C2)NCC1CCCNC1. The van der Waals surface area contributed by atoms with Gasteiger partial charge in [0.25, 0.3) is 0 Å². The number of hydrogen-bond acceptors (Lipinski definition) is 2. The lowest BCUT2D eigenvalue weighted by Gasteiger charge is -2.22. The zero-order valence-corrected chi connectivity index (χ0v) is 16.6. The Kier molecular flexibility index (Phi) is 6.92. The standard InChI is InChI=1S/C23H28N2O.ClH/c26-23(25-16-18-6-4-12-24-15-18)9-3-5-17-10-11-20-14-19-7-1-2-8-21(19)22(20)13-17;/h1-2,7-8,10-11,13,18,24H,3-6,9,12,14-16H2,(H,25,26);1H. The third kappa shape index (κ3) is 4.91. The van der Waals surface area contributed by atoms with E-state index in [2.05, 4.69) is 53.1 Å². The van der Waals surface area contributed by atoms with Crippen molar-refractivity contribution >= 4 is 18.3 Å². The van der Waals surface area contributed by atoms with Crippen molar-refractivity contribution in [3.8, 4) is 11.1 Å². The smallest absolute Gasteiger partial charge is 0.220 e. The average molecular weight is 385 g/mol. The van der Waals surface area contributed by atoms with Crippen molar-refractivity contribution in [2.24, 2.45) is 5.92 Å². The first-order valence-electron chi connectivity index (χ1n) is 9.97. The Morgan fingerprint density at radius 3 is 2.81 bits per heavy atom. The van der Waals surface area contributed by atoms with E-state index >= 15 is 0 Å². The highest BCUT2D eigenvalue weighted by Crippen LogP contribution is 2.36. The Labute approximate surface area is 168 Å². The predicted octanol–water partition coefficient (Wildman–Crippen LogP) is 4.12. The van der Waals surface area contributed by atoms with Gasteiger partial charge in [0, 0.05) is 13.0 Å². The van der Waals surface area contributed by atoms with E-state index in [1.54, 1.807) is 0 Å². The third-order valence-electron chi connectivity index (χ3n) is 5.72. The fraction of sp³-hybridized carbons (Fsp3) is 0.435. The molecule has 1 aliphatic carbocycles. The number of nitrogens with one attached hydrogen (secondary N) is 2. The van der Waals surface area contributed by atoms with E-state index in [1.165, 1.54) is 40.7 Å². The third-order valence-corrected chi connectivity index (χ3v) is 5.72. The molecule has 27 heavy (non-hydrogen) atoms. The fourth-order valence-corrected chi connectivity index (χ4v) is 4.22. The summed E-state index contributed by atoms with van der Waals surface area (Å²) in [5.74, 6) is 0.798. The number of hydrogen-bond donors (Lipinski definition) is 2. The van der Waals surface area contributed by atoms with Crippen molar-refractivity contribution in [3.63, 3.8) is 0 Å². The number of rotatable bonds is 6. The van der Waals surface area contributed by atoms with Gasteiger partial charge in [-0.15, -0.1) is 12.4 Å². The first kappa shape index (κ1) is 19.9. The van der Waals surface area contributed by atoms with Gasteiger partial charge in [-0.2, -0.15) is 0 Å². The van der Waals surface area contributed by atoms with Crippen molar-refractivity contribution in [1.82, 2.24) is 10.6 Å². The lowest BCUT2D eigenvalue weighted by molar-refractivity contribution is -0.121. The van der Waals surface area contributed by atoms with Gasteiger partial charge in [-0.1, -0.05) is 42.5 Å². The van der Waals surface area contributed by atoms with Crippen molar-refractivity contribution in [2.75, 3.05) is 19.6 Å². The number of amides is 1. The second-order valence-electron chi connectivity index (χ2n) is 7.70. The lowest BCUT2D eigenvalue weighted by Crippen LogP contribution is -2.38. The molecular weight excluding hydrogens is 356 g/mol. The molecule has 1 heterocycles. The number of benzene rings is 2. The van der Waals surface area contributed by atoms with Crippen LogP contribution in [0.1, 0.15) is 42.4 Å². The van der Waals surface area contributed by atoms with Crippen molar-refractivity contribution in [2.45, 2.75) is 38.5 Å². The monoisotopic (exact) mass is 384 g/mol. The van der Waals surface area contributed by atoms with Crippen LogP contribution in [0.2, 0.25) is 0 Å². The lowest BCUT2D eigenvalue weighted by atomic mass is 9.99. The summed E-state index contributed by atoms with van der Waals surface area (Å²) in [6.45, 7) is 2.98. The van der Waals surface area contributed by atoms with E-state index in [0.29, 0.717) is 12.3 Å². The van der Waals surface area contributed by atoms with Gasteiger partial charge in [0.2, 0.25) is 5.91 Å². The summed E-state index contributed by atoms with van der Waals surface area (Å²) >= 11 is 0. The second-order valence-corrected chi connectivity index (χ2v) is 7.70. The molecule has 1 amide bonds. The molecule has 2 aromatic rings. The van der Waals surface area contributed by atoms with Crippen LogP contribution in [0.3, 0.4) is 0 Å². The van der Waals surface area contributed by atoms with Gasteiger partial charge in [0.05, 0.1) is 0 Å². The van der Waals surface area contributed by atoms with Gasteiger partial charge in [-0.25, -0.2) is 0 Å². The van der Waals surface area contributed by atoms with E-state index in [-0.39, 0.29) is 18.3 Å². The number of carbonyl (C=O) groups is 1. The number of halogens is 1. The van der Waals surface area contributed by atoms with Crippen LogP contribution in [0.25, 0.3) is 11.1 Å². The summed E-state index contributed by atoms with van der Waals surface area (Å²) in [5, 5.41) is 6.51. The van der Waals surface area contributed by atoms with Crippen LogP contribution < -0.4 is 10.6 Å². The molecule has 0 spiro atoms. The van der Waals surface area contributed by atoms with Crippen LogP contribution in [0.5, 0.6) is 0 Å². The van der Waals surface area contributed by atoms with Crippen LogP contribution in [-0.4, -0.2) is 25.5 Å². The van der Waals surface area contributed by atoms with E-state index in [9.17, 15) is 4.79 Å². The minimum Gasteiger partial charge on any atom is -0.356 e. The molecular formula is C23H29ClN2O. The molecule has 1 unspecified atom stereocenters. The molecule has 0 saturated carbocycles. The summed E-state index contributed by atoms with van der Waals surface area (Å²) in [4.78, 5) is 12.1. The molecule has 4 heteroatoms. The Morgan fingerprint density at radius 1 is 1.11 bits per heavy atom. The number of aryl methyl sites for hydroxylation is 1. The molecule has 0 aromatic heterocycles. The van der Waals surface area contributed by atoms with E-state index < -0.39 is 0 Å². The molecule has 2 aromatic carbocycles.